The second-order valence-corrected chi connectivity index (χ2v) is 5.27. The van der Waals surface area contributed by atoms with E-state index in [9.17, 15) is 9.50 Å². The summed E-state index contributed by atoms with van der Waals surface area (Å²) < 4.78 is 13.3. The van der Waals surface area contributed by atoms with Gasteiger partial charge in [0.15, 0.2) is 0 Å². The normalized spacial score (nSPS) is 12.2. The smallest absolute Gasteiger partial charge is 0.125 e. The van der Waals surface area contributed by atoms with Gasteiger partial charge in [0.25, 0.3) is 0 Å². The number of hydrogen-bond donors (Lipinski definition) is 2. The van der Waals surface area contributed by atoms with Gasteiger partial charge in [-0.1, -0.05) is 12.1 Å². The predicted octanol–water partition coefficient (Wildman–Crippen LogP) is 4.27. The molecule has 0 aliphatic carbocycles. The maximum Gasteiger partial charge on any atom is 0.125 e. The summed E-state index contributed by atoms with van der Waals surface area (Å²) >= 11 is 0. The number of aromatic hydroxyl groups is 1. The average Bonchev–Trinajstić information content (AvgIpc) is 2.37. The van der Waals surface area contributed by atoms with Gasteiger partial charge >= 0.3 is 0 Å². The van der Waals surface area contributed by atoms with Crippen LogP contribution in [0.2, 0.25) is 0 Å². The minimum atomic E-state index is -0.210. The van der Waals surface area contributed by atoms with Crippen molar-refractivity contribution in [2.24, 2.45) is 0 Å². The molecule has 0 radical (unpaired) electrons. The zero-order valence-corrected chi connectivity index (χ0v) is 11.9. The molecule has 0 heterocycles. The Morgan fingerprint density at radius 1 is 1.15 bits per heavy atom. The van der Waals surface area contributed by atoms with E-state index >= 15 is 0 Å². The van der Waals surface area contributed by atoms with Crippen molar-refractivity contribution in [3.8, 4) is 5.75 Å². The first-order valence-corrected chi connectivity index (χ1v) is 6.84. The molecule has 20 heavy (non-hydrogen) atoms. The van der Waals surface area contributed by atoms with Crippen LogP contribution in [-0.2, 0) is 6.42 Å². The average molecular weight is 273 g/mol. The number of halogens is 1. The fourth-order valence-electron chi connectivity index (χ4n) is 2.22. The molecule has 0 aliphatic rings. The highest BCUT2D eigenvalue weighted by Gasteiger charge is 2.05. The Balaban J connectivity index is 1.88. The zero-order chi connectivity index (χ0) is 14.5. The molecule has 3 heteroatoms. The molecule has 0 fully saturated rings. The Hall–Kier alpha value is -2.03. The van der Waals surface area contributed by atoms with Gasteiger partial charge in [0.05, 0.1) is 0 Å². The highest BCUT2D eigenvalue weighted by Crippen LogP contribution is 2.17. The molecule has 106 valence electrons. The van der Waals surface area contributed by atoms with Crippen LogP contribution in [0.5, 0.6) is 5.75 Å². The van der Waals surface area contributed by atoms with Gasteiger partial charge in [-0.15, -0.1) is 0 Å². The summed E-state index contributed by atoms with van der Waals surface area (Å²) in [7, 11) is 0. The van der Waals surface area contributed by atoms with Crippen molar-refractivity contribution in [1.29, 1.82) is 0 Å². The molecule has 0 saturated carbocycles. The SMILES string of the molecule is Cc1cc(F)cc(NC(C)CCc2ccc(O)cc2)c1. The Kier molecular flexibility index (Phi) is 4.61. The molecule has 0 bridgehead atoms. The number of aryl methyl sites for hydroxylation is 2. The molecule has 2 rings (SSSR count). The van der Waals surface area contributed by atoms with E-state index in [2.05, 4.69) is 12.2 Å². The molecule has 0 saturated heterocycles. The summed E-state index contributed by atoms with van der Waals surface area (Å²) in [5.41, 5.74) is 2.92. The van der Waals surface area contributed by atoms with Crippen molar-refractivity contribution >= 4 is 5.69 Å². The van der Waals surface area contributed by atoms with Crippen LogP contribution in [0.15, 0.2) is 42.5 Å². The lowest BCUT2D eigenvalue weighted by Gasteiger charge is -2.16. The van der Waals surface area contributed by atoms with E-state index in [0.717, 1.165) is 24.1 Å². The highest BCUT2D eigenvalue weighted by molar-refractivity contribution is 5.46. The van der Waals surface area contributed by atoms with E-state index in [-0.39, 0.29) is 17.6 Å². The predicted molar refractivity (Wildman–Crippen MR) is 80.6 cm³/mol. The maximum absolute atomic E-state index is 13.3. The Morgan fingerprint density at radius 3 is 2.50 bits per heavy atom. The minimum absolute atomic E-state index is 0.210. The lowest BCUT2D eigenvalue weighted by Crippen LogP contribution is -2.16. The summed E-state index contributed by atoms with van der Waals surface area (Å²) in [5, 5.41) is 12.5. The first kappa shape index (κ1) is 14.4. The van der Waals surface area contributed by atoms with Gasteiger partial charge in [0.2, 0.25) is 0 Å². The number of phenolic OH excluding ortho intramolecular Hbond substituents is 1. The molecule has 2 N–H and O–H groups in total. The van der Waals surface area contributed by atoms with E-state index in [1.54, 1.807) is 12.1 Å². The van der Waals surface area contributed by atoms with Crippen LogP contribution in [0.1, 0.15) is 24.5 Å². The Labute approximate surface area is 119 Å². The van der Waals surface area contributed by atoms with Crippen LogP contribution in [0.3, 0.4) is 0 Å². The fourth-order valence-corrected chi connectivity index (χ4v) is 2.22. The van der Waals surface area contributed by atoms with E-state index in [0.29, 0.717) is 0 Å². The van der Waals surface area contributed by atoms with Crippen LogP contribution in [0.4, 0.5) is 10.1 Å². The van der Waals surface area contributed by atoms with E-state index < -0.39 is 0 Å². The standard InChI is InChI=1S/C17H20FNO/c1-12-9-15(18)11-16(10-12)19-13(2)3-4-14-5-7-17(20)8-6-14/h5-11,13,19-20H,3-4H2,1-2H3. The molecule has 1 unspecified atom stereocenters. The zero-order valence-electron chi connectivity index (χ0n) is 11.9. The molecule has 0 aliphatic heterocycles. The quantitative estimate of drug-likeness (QED) is 0.852. The van der Waals surface area contributed by atoms with E-state index in [4.69, 9.17) is 0 Å². The molecule has 2 aromatic rings. The third kappa shape index (κ3) is 4.26. The number of rotatable bonds is 5. The molecule has 1 atom stereocenters. The minimum Gasteiger partial charge on any atom is -0.508 e. The van der Waals surface area contributed by atoms with Crippen molar-refractivity contribution in [3.05, 3.63) is 59.4 Å². The van der Waals surface area contributed by atoms with Gasteiger partial charge in [-0.2, -0.15) is 0 Å². The summed E-state index contributed by atoms with van der Waals surface area (Å²) in [6.45, 7) is 3.97. The Bertz CT molecular complexity index is 545. The lowest BCUT2D eigenvalue weighted by atomic mass is 10.1. The number of nitrogens with one attached hydrogen (secondary N) is 1. The number of anilines is 1. The van der Waals surface area contributed by atoms with Crippen LogP contribution in [-0.4, -0.2) is 11.1 Å². The maximum atomic E-state index is 13.3. The second kappa shape index (κ2) is 6.42. The topological polar surface area (TPSA) is 32.3 Å². The van der Waals surface area contributed by atoms with Gasteiger partial charge in [0, 0.05) is 11.7 Å². The van der Waals surface area contributed by atoms with Gasteiger partial charge < -0.3 is 10.4 Å². The van der Waals surface area contributed by atoms with Crippen molar-refractivity contribution in [2.75, 3.05) is 5.32 Å². The summed E-state index contributed by atoms with van der Waals surface area (Å²) in [6.07, 6.45) is 1.86. The van der Waals surface area contributed by atoms with Crippen LogP contribution in [0.25, 0.3) is 0 Å². The number of phenols is 1. The summed E-state index contributed by atoms with van der Waals surface area (Å²) in [4.78, 5) is 0. The summed E-state index contributed by atoms with van der Waals surface area (Å²) in [5.74, 6) is 0.0772. The van der Waals surface area contributed by atoms with E-state index in [1.165, 1.54) is 17.7 Å². The third-order valence-corrected chi connectivity index (χ3v) is 3.26. The molecule has 2 nitrogen and oxygen atoms in total. The van der Waals surface area contributed by atoms with Crippen LogP contribution >= 0.6 is 0 Å². The van der Waals surface area contributed by atoms with Gasteiger partial charge in [-0.25, -0.2) is 4.39 Å². The number of hydrogen-bond acceptors (Lipinski definition) is 2. The number of benzene rings is 2. The third-order valence-electron chi connectivity index (χ3n) is 3.26. The van der Waals surface area contributed by atoms with Crippen LogP contribution < -0.4 is 5.32 Å². The lowest BCUT2D eigenvalue weighted by molar-refractivity contribution is 0.475. The monoisotopic (exact) mass is 273 g/mol. The fraction of sp³-hybridized carbons (Fsp3) is 0.294. The van der Waals surface area contributed by atoms with Crippen LogP contribution in [0, 0.1) is 12.7 Å². The van der Waals surface area contributed by atoms with Crippen molar-refractivity contribution in [3.63, 3.8) is 0 Å². The first-order chi connectivity index (χ1) is 9.52. The van der Waals surface area contributed by atoms with Gasteiger partial charge in [0.1, 0.15) is 11.6 Å². The van der Waals surface area contributed by atoms with Crippen molar-refractivity contribution in [1.82, 2.24) is 0 Å². The molecule has 0 aromatic heterocycles. The molecular weight excluding hydrogens is 253 g/mol. The van der Waals surface area contributed by atoms with Crippen molar-refractivity contribution < 1.29 is 9.50 Å². The Morgan fingerprint density at radius 2 is 1.85 bits per heavy atom. The molecule has 0 spiro atoms. The van der Waals surface area contributed by atoms with Crippen molar-refractivity contribution in [2.45, 2.75) is 32.7 Å². The summed E-state index contributed by atoms with van der Waals surface area (Å²) in [6, 6.07) is 12.5. The first-order valence-electron chi connectivity index (χ1n) is 6.84. The van der Waals surface area contributed by atoms with Gasteiger partial charge in [-0.3, -0.25) is 0 Å². The second-order valence-electron chi connectivity index (χ2n) is 5.27. The molecular formula is C17H20FNO. The van der Waals surface area contributed by atoms with E-state index in [1.807, 2.05) is 25.1 Å². The molecule has 2 aromatic carbocycles. The largest absolute Gasteiger partial charge is 0.508 e. The van der Waals surface area contributed by atoms with Gasteiger partial charge in [-0.05, 0) is 68.1 Å². The molecule has 0 amide bonds. The highest BCUT2D eigenvalue weighted by atomic mass is 19.1.